The Morgan fingerprint density at radius 1 is 1.07 bits per heavy atom. The van der Waals surface area contributed by atoms with E-state index in [0.29, 0.717) is 5.69 Å². The molecular weight excluding hydrogens is 356 g/mol. The maximum Gasteiger partial charge on any atom is 0.311 e. The number of carbonyl (C=O) groups excluding carboxylic acids is 3. The Labute approximate surface area is 164 Å². The van der Waals surface area contributed by atoms with Gasteiger partial charge in [0.1, 0.15) is 0 Å². The van der Waals surface area contributed by atoms with Crippen molar-refractivity contribution in [2.75, 3.05) is 23.4 Å². The molecule has 1 aliphatic rings. The molecule has 6 heteroatoms. The Kier molecular flexibility index (Phi) is 5.78. The molecule has 28 heavy (non-hydrogen) atoms. The molecule has 2 aromatic carbocycles. The van der Waals surface area contributed by atoms with Crippen molar-refractivity contribution in [3.8, 4) is 0 Å². The van der Waals surface area contributed by atoms with Gasteiger partial charge in [-0.3, -0.25) is 14.4 Å². The van der Waals surface area contributed by atoms with Crippen LogP contribution >= 0.6 is 0 Å². The van der Waals surface area contributed by atoms with Gasteiger partial charge in [-0.2, -0.15) is 0 Å². The summed E-state index contributed by atoms with van der Waals surface area (Å²) in [6.07, 6.45) is 0.0890. The monoisotopic (exact) mass is 380 g/mol. The van der Waals surface area contributed by atoms with Crippen LogP contribution in [0.2, 0.25) is 0 Å². The summed E-state index contributed by atoms with van der Waals surface area (Å²) in [5, 5.41) is 2.68. The smallest absolute Gasteiger partial charge is 0.311 e. The second kappa shape index (κ2) is 8.25. The number of aryl methyl sites for hydroxylation is 3. The van der Waals surface area contributed by atoms with E-state index in [4.69, 9.17) is 4.74 Å². The minimum atomic E-state index is -0.569. The molecule has 2 aromatic rings. The minimum Gasteiger partial charge on any atom is -0.455 e. The summed E-state index contributed by atoms with van der Waals surface area (Å²) in [7, 11) is 0. The van der Waals surface area contributed by atoms with Crippen molar-refractivity contribution in [2.45, 2.75) is 27.2 Å². The molecule has 6 nitrogen and oxygen atoms in total. The van der Waals surface area contributed by atoms with E-state index in [0.717, 1.165) is 22.4 Å². The number of carbonyl (C=O) groups is 3. The van der Waals surface area contributed by atoms with Crippen molar-refractivity contribution < 1.29 is 19.1 Å². The first-order valence-electron chi connectivity index (χ1n) is 9.24. The molecule has 1 aliphatic heterocycles. The molecule has 1 atom stereocenters. The molecular formula is C22H24N2O4. The van der Waals surface area contributed by atoms with E-state index in [-0.39, 0.29) is 25.5 Å². The number of rotatable bonds is 5. The zero-order chi connectivity index (χ0) is 20.3. The summed E-state index contributed by atoms with van der Waals surface area (Å²) >= 11 is 0. The SMILES string of the molecule is Cc1ccc(NC(=O)COC(=O)[C@@H]2CC(=O)N(c3ccc(C)cc3C)C2)cc1. The summed E-state index contributed by atoms with van der Waals surface area (Å²) < 4.78 is 5.14. The van der Waals surface area contributed by atoms with Gasteiger partial charge in [0.25, 0.3) is 5.91 Å². The zero-order valence-electron chi connectivity index (χ0n) is 16.3. The summed E-state index contributed by atoms with van der Waals surface area (Å²) in [6, 6.07) is 13.2. The maximum atomic E-state index is 12.4. The molecule has 1 N–H and O–H groups in total. The molecule has 0 spiro atoms. The molecule has 0 aromatic heterocycles. The van der Waals surface area contributed by atoms with Crippen molar-refractivity contribution in [3.63, 3.8) is 0 Å². The third-order valence-electron chi connectivity index (χ3n) is 4.78. The molecule has 1 fully saturated rings. The lowest BCUT2D eigenvalue weighted by Gasteiger charge is -2.19. The van der Waals surface area contributed by atoms with E-state index >= 15 is 0 Å². The van der Waals surface area contributed by atoms with Crippen LogP contribution in [0.25, 0.3) is 0 Å². The summed E-state index contributed by atoms with van der Waals surface area (Å²) in [6.45, 7) is 5.78. The quantitative estimate of drug-likeness (QED) is 0.809. The molecule has 0 aliphatic carbocycles. The fraction of sp³-hybridized carbons (Fsp3) is 0.318. The fourth-order valence-corrected chi connectivity index (χ4v) is 3.30. The number of hydrogen-bond acceptors (Lipinski definition) is 4. The second-order valence-electron chi connectivity index (χ2n) is 7.22. The Morgan fingerprint density at radius 3 is 2.43 bits per heavy atom. The van der Waals surface area contributed by atoms with E-state index in [9.17, 15) is 14.4 Å². The summed E-state index contributed by atoms with van der Waals surface area (Å²) in [5.74, 6) is -1.62. The Balaban J connectivity index is 1.54. The molecule has 0 radical (unpaired) electrons. The first-order chi connectivity index (χ1) is 13.3. The van der Waals surface area contributed by atoms with Gasteiger partial charge in [0.05, 0.1) is 5.92 Å². The number of nitrogens with one attached hydrogen (secondary N) is 1. The number of benzene rings is 2. The maximum absolute atomic E-state index is 12.4. The van der Waals surface area contributed by atoms with Crippen LogP contribution in [0, 0.1) is 26.7 Å². The first kappa shape index (κ1) is 19.6. The Hall–Kier alpha value is -3.15. The normalized spacial score (nSPS) is 16.2. The molecule has 1 heterocycles. The Bertz CT molecular complexity index is 905. The lowest BCUT2D eigenvalue weighted by atomic mass is 10.1. The third kappa shape index (κ3) is 4.57. The third-order valence-corrected chi connectivity index (χ3v) is 4.78. The molecule has 0 unspecified atom stereocenters. The lowest BCUT2D eigenvalue weighted by molar-refractivity contribution is -0.151. The Morgan fingerprint density at radius 2 is 1.75 bits per heavy atom. The average Bonchev–Trinajstić information content (AvgIpc) is 3.03. The highest BCUT2D eigenvalue weighted by Gasteiger charge is 2.36. The van der Waals surface area contributed by atoms with E-state index in [1.807, 2.05) is 51.1 Å². The van der Waals surface area contributed by atoms with Gasteiger partial charge in [-0.25, -0.2) is 0 Å². The summed E-state index contributed by atoms with van der Waals surface area (Å²) in [5.41, 5.74) is 4.64. The van der Waals surface area contributed by atoms with E-state index in [1.54, 1.807) is 17.0 Å². The highest BCUT2D eigenvalue weighted by atomic mass is 16.5. The number of nitrogens with zero attached hydrogens (tertiary/aromatic N) is 1. The fourth-order valence-electron chi connectivity index (χ4n) is 3.30. The van der Waals surface area contributed by atoms with Gasteiger partial charge in [-0.1, -0.05) is 35.4 Å². The van der Waals surface area contributed by atoms with Gasteiger partial charge in [0.2, 0.25) is 5.91 Å². The van der Waals surface area contributed by atoms with Crippen molar-refractivity contribution in [1.82, 2.24) is 0 Å². The average molecular weight is 380 g/mol. The van der Waals surface area contributed by atoms with Gasteiger partial charge in [0, 0.05) is 24.3 Å². The molecule has 0 saturated carbocycles. The first-order valence-corrected chi connectivity index (χ1v) is 9.24. The predicted octanol–water partition coefficient (Wildman–Crippen LogP) is 3.15. The van der Waals surface area contributed by atoms with Crippen LogP contribution < -0.4 is 10.2 Å². The van der Waals surface area contributed by atoms with Crippen molar-refractivity contribution in [1.29, 1.82) is 0 Å². The van der Waals surface area contributed by atoms with Crippen LogP contribution in [0.3, 0.4) is 0 Å². The van der Waals surface area contributed by atoms with E-state index in [2.05, 4.69) is 5.32 Å². The van der Waals surface area contributed by atoms with Crippen molar-refractivity contribution in [2.24, 2.45) is 5.92 Å². The van der Waals surface area contributed by atoms with Gasteiger partial charge in [0.15, 0.2) is 6.61 Å². The lowest BCUT2D eigenvalue weighted by Crippen LogP contribution is -2.28. The van der Waals surface area contributed by atoms with Gasteiger partial charge < -0.3 is 15.0 Å². The number of hydrogen-bond donors (Lipinski definition) is 1. The molecule has 2 amide bonds. The zero-order valence-corrected chi connectivity index (χ0v) is 16.3. The van der Waals surface area contributed by atoms with Crippen LogP contribution in [0.1, 0.15) is 23.1 Å². The number of anilines is 2. The highest BCUT2D eigenvalue weighted by Crippen LogP contribution is 2.29. The minimum absolute atomic E-state index is 0.0890. The topological polar surface area (TPSA) is 75.7 Å². The van der Waals surface area contributed by atoms with Gasteiger partial charge in [-0.15, -0.1) is 0 Å². The summed E-state index contributed by atoms with van der Waals surface area (Å²) in [4.78, 5) is 38.3. The highest BCUT2D eigenvalue weighted by molar-refractivity contribution is 6.00. The molecule has 1 saturated heterocycles. The molecule has 3 rings (SSSR count). The van der Waals surface area contributed by atoms with Crippen LogP contribution in [0.4, 0.5) is 11.4 Å². The number of ether oxygens (including phenoxy) is 1. The number of amides is 2. The van der Waals surface area contributed by atoms with E-state index < -0.39 is 17.8 Å². The van der Waals surface area contributed by atoms with Crippen LogP contribution in [0.15, 0.2) is 42.5 Å². The standard InChI is InChI=1S/C22H24N2O4/c1-14-4-7-18(8-5-14)23-20(25)13-28-22(27)17-11-21(26)24(12-17)19-9-6-15(2)10-16(19)3/h4-10,17H,11-13H2,1-3H3,(H,23,25)/t17-/m1/s1. The van der Waals surface area contributed by atoms with Crippen LogP contribution in [0.5, 0.6) is 0 Å². The molecule has 146 valence electrons. The van der Waals surface area contributed by atoms with E-state index in [1.165, 1.54) is 0 Å². The van der Waals surface area contributed by atoms with Crippen molar-refractivity contribution >= 4 is 29.2 Å². The van der Waals surface area contributed by atoms with Crippen LogP contribution in [-0.2, 0) is 19.1 Å². The van der Waals surface area contributed by atoms with Gasteiger partial charge >= 0.3 is 5.97 Å². The van der Waals surface area contributed by atoms with Crippen LogP contribution in [-0.4, -0.2) is 30.9 Å². The number of esters is 1. The largest absolute Gasteiger partial charge is 0.455 e. The van der Waals surface area contributed by atoms with Gasteiger partial charge in [-0.05, 0) is 44.5 Å². The molecule has 0 bridgehead atoms. The van der Waals surface area contributed by atoms with Crippen molar-refractivity contribution in [3.05, 3.63) is 59.2 Å². The predicted molar refractivity (Wildman–Crippen MR) is 107 cm³/mol. The second-order valence-corrected chi connectivity index (χ2v) is 7.22.